The van der Waals surface area contributed by atoms with Gasteiger partial charge in [-0.2, -0.15) is 0 Å². The maximum Gasteiger partial charge on any atom is 0.314 e. The number of carboxylic acid groups (broad SMARTS) is 1. The molecule has 0 aliphatic rings. The van der Waals surface area contributed by atoms with Crippen molar-refractivity contribution < 1.29 is 14.6 Å². The van der Waals surface area contributed by atoms with Crippen molar-refractivity contribution >= 4 is 17.6 Å². The van der Waals surface area contributed by atoms with Gasteiger partial charge in [0.25, 0.3) is 0 Å². The van der Waals surface area contributed by atoms with Crippen LogP contribution in [-0.4, -0.2) is 24.1 Å². The first-order valence-corrected chi connectivity index (χ1v) is 6.28. The van der Waals surface area contributed by atoms with Gasteiger partial charge in [0.2, 0.25) is 0 Å². The summed E-state index contributed by atoms with van der Waals surface area (Å²) < 4.78 is 5.10. The molecule has 0 radical (unpaired) electrons. The highest BCUT2D eigenvalue weighted by molar-refractivity contribution is 6.19. The minimum Gasteiger partial charge on any atom is -0.497 e. The van der Waals surface area contributed by atoms with Gasteiger partial charge in [0.1, 0.15) is 11.7 Å². The maximum atomic E-state index is 11.3. The number of hydrogen-bond donors (Lipinski definition) is 1. The van der Waals surface area contributed by atoms with E-state index in [2.05, 4.69) is 0 Å². The molecule has 0 aliphatic heterocycles. The van der Waals surface area contributed by atoms with E-state index < -0.39 is 11.9 Å². The second kappa shape index (κ2) is 7.07. The van der Waals surface area contributed by atoms with Crippen molar-refractivity contribution in [3.63, 3.8) is 0 Å². The predicted molar refractivity (Wildman–Crippen MR) is 72.5 cm³/mol. The van der Waals surface area contributed by atoms with Crippen LogP contribution in [0.15, 0.2) is 35.9 Å². The van der Waals surface area contributed by atoms with Gasteiger partial charge in [-0.15, -0.1) is 11.6 Å². The highest BCUT2D eigenvalue weighted by atomic mass is 35.5. The molecule has 4 heteroatoms. The van der Waals surface area contributed by atoms with Gasteiger partial charge in [-0.25, -0.2) is 0 Å². The standard InChI is InChI=1S/C14H17ClO3/c1-3-10(9-15)7-13(14(16)17)11-5-4-6-12(8-11)18-2/h4-8,13H,3,9H2,1-2H3,(H,16,17)/t13-/m1/s1. The molecule has 0 bridgehead atoms. The highest BCUT2D eigenvalue weighted by Crippen LogP contribution is 2.24. The third-order valence-electron chi connectivity index (χ3n) is 2.75. The van der Waals surface area contributed by atoms with Crippen LogP contribution in [0.4, 0.5) is 0 Å². The van der Waals surface area contributed by atoms with Crippen LogP contribution in [0.5, 0.6) is 5.75 Å². The fraction of sp³-hybridized carbons (Fsp3) is 0.357. The molecular weight excluding hydrogens is 252 g/mol. The summed E-state index contributed by atoms with van der Waals surface area (Å²) in [6.07, 6.45) is 2.46. The molecule has 3 nitrogen and oxygen atoms in total. The van der Waals surface area contributed by atoms with Gasteiger partial charge in [0.05, 0.1) is 7.11 Å². The fourth-order valence-electron chi connectivity index (χ4n) is 1.64. The number of allylic oxidation sites excluding steroid dienone is 1. The first-order valence-electron chi connectivity index (χ1n) is 5.74. The van der Waals surface area contributed by atoms with Crippen LogP contribution in [0, 0.1) is 0 Å². The zero-order valence-electron chi connectivity index (χ0n) is 10.5. The third-order valence-corrected chi connectivity index (χ3v) is 3.09. The van der Waals surface area contributed by atoms with Crippen molar-refractivity contribution in [1.29, 1.82) is 0 Å². The van der Waals surface area contributed by atoms with E-state index in [0.29, 0.717) is 17.2 Å². The molecule has 1 N–H and O–H groups in total. The molecule has 98 valence electrons. The number of carbonyl (C=O) groups is 1. The van der Waals surface area contributed by atoms with Crippen molar-refractivity contribution in [3.8, 4) is 5.75 Å². The lowest BCUT2D eigenvalue weighted by Crippen LogP contribution is -2.10. The minimum absolute atomic E-state index is 0.351. The lowest BCUT2D eigenvalue weighted by Gasteiger charge is -2.11. The Morgan fingerprint density at radius 1 is 1.56 bits per heavy atom. The summed E-state index contributed by atoms with van der Waals surface area (Å²) in [5, 5.41) is 9.30. The maximum absolute atomic E-state index is 11.3. The number of benzene rings is 1. The molecule has 0 fully saturated rings. The molecule has 0 saturated heterocycles. The van der Waals surface area contributed by atoms with Gasteiger partial charge in [-0.1, -0.05) is 30.7 Å². The molecule has 1 rings (SSSR count). The smallest absolute Gasteiger partial charge is 0.314 e. The number of aliphatic carboxylic acids is 1. The second-order valence-electron chi connectivity index (χ2n) is 3.90. The summed E-state index contributed by atoms with van der Waals surface area (Å²) in [6, 6.07) is 7.08. The highest BCUT2D eigenvalue weighted by Gasteiger charge is 2.18. The molecule has 0 heterocycles. The van der Waals surface area contributed by atoms with Crippen LogP contribution in [-0.2, 0) is 4.79 Å². The minimum atomic E-state index is -0.890. The fourth-order valence-corrected chi connectivity index (χ4v) is 1.92. The van der Waals surface area contributed by atoms with Crippen molar-refractivity contribution in [1.82, 2.24) is 0 Å². The Morgan fingerprint density at radius 2 is 2.28 bits per heavy atom. The Hall–Kier alpha value is -1.48. The quantitative estimate of drug-likeness (QED) is 0.635. The Morgan fingerprint density at radius 3 is 2.78 bits per heavy atom. The summed E-state index contributed by atoms with van der Waals surface area (Å²) in [4.78, 5) is 11.3. The van der Waals surface area contributed by atoms with Crippen molar-refractivity contribution in [2.24, 2.45) is 0 Å². The largest absolute Gasteiger partial charge is 0.497 e. The van der Waals surface area contributed by atoms with Gasteiger partial charge >= 0.3 is 5.97 Å². The second-order valence-corrected chi connectivity index (χ2v) is 4.17. The van der Waals surface area contributed by atoms with Gasteiger partial charge in [0, 0.05) is 5.88 Å². The molecule has 1 aromatic carbocycles. The molecule has 1 aromatic rings. The van der Waals surface area contributed by atoms with Crippen LogP contribution < -0.4 is 4.74 Å². The van der Waals surface area contributed by atoms with Crippen LogP contribution in [0.25, 0.3) is 0 Å². The molecule has 18 heavy (non-hydrogen) atoms. The summed E-state index contributed by atoms with van der Waals surface area (Å²) in [7, 11) is 1.56. The molecule has 0 spiro atoms. The monoisotopic (exact) mass is 268 g/mol. The Bertz CT molecular complexity index is 434. The van der Waals surface area contributed by atoms with Gasteiger partial charge in [0.15, 0.2) is 0 Å². The number of carboxylic acids is 1. The van der Waals surface area contributed by atoms with E-state index in [1.54, 1.807) is 37.5 Å². The van der Waals surface area contributed by atoms with E-state index in [1.165, 1.54) is 0 Å². The van der Waals surface area contributed by atoms with Crippen molar-refractivity contribution in [2.75, 3.05) is 13.0 Å². The van der Waals surface area contributed by atoms with E-state index in [1.807, 2.05) is 6.92 Å². The molecular formula is C14H17ClO3. The molecule has 0 amide bonds. The average Bonchev–Trinajstić information content (AvgIpc) is 2.39. The SMILES string of the molecule is CCC(=C[C@@H](C(=O)O)c1cccc(OC)c1)CCl. The summed E-state index contributed by atoms with van der Waals surface area (Å²) in [5.41, 5.74) is 1.62. The molecule has 0 unspecified atom stereocenters. The summed E-state index contributed by atoms with van der Waals surface area (Å²) in [5.74, 6) is -0.575. The number of hydrogen-bond acceptors (Lipinski definition) is 2. The first-order chi connectivity index (χ1) is 8.62. The van der Waals surface area contributed by atoms with Crippen LogP contribution in [0.1, 0.15) is 24.8 Å². The number of alkyl halides is 1. The molecule has 1 atom stereocenters. The van der Waals surface area contributed by atoms with Gasteiger partial charge < -0.3 is 9.84 Å². The Labute approximate surface area is 112 Å². The van der Waals surface area contributed by atoms with E-state index >= 15 is 0 Å². The predicted octanol–water partition coefficient (Wildman–Crippen LogP) is 3.44. The van der Waals surface area contributed by atoms with Crippen LogP contribution >= 0.6 is 11.6 Å². The molecule has 0 aliphatic carbocycles. The molecule has 0 aromatic heterocycles. The van der Waals surface area contributed by atoms with Crippen LogP contribution in [0.3, 0.4) is 0 Å². The lowest BCUT2D eigenvalue weighted by atomic mass is 9.96. The zero-order valence-corrected chi connectivity index (χ0v) is 11.3. The normalized spacial score (nSPS) is 13.2. The summed E-state index contributed by atoms with van der Waals surface area (Å²) >= 11 is 5.78. The van der Waals surface area contributed by atoms with E-state index in [4.69, 9.17) is 16.3 Å². The number of methoxy groups -OCH3 is 1. The Kier molecular flexibility index (Phi) is 5.72. The average molecular weight is 269 g/mol. The number of halogens is 1. The zero-order chi connectivity index (χ0) is 13.5. The first kappa shape index (κ1) is 14.6. The number of rotatable bonds is 6. The van der Waals surface area contributed by atoms with Gasteiger partial charge in [-0.05, 0) is 24.1 Å². The lowest BCUT2D eigenvalue weighted by molar-refractivity contribution is -0.137. The van der Waals surface area contributed by atoms with Crippen LogP contribution in [0.2, 0.25) is 0 Å². The number of ether oxygens (including phenoxy) is 1. The topological polar surface area (TPSA) is 46.5 Å². The van der Waals surface area contributed by atoms with Crippen molar-refractivity contribution in [3.05, 3.63) is 41.5 Å². The van der Waals surface area contributed by atoms with E-state index in [9.17, 15) is 9.90 Å². The third kappa shape index (κ3) is 3.77. The van der Waals surface area contributed by atoms with E-state index in [0.717, 1.165) is 12.0 Å². The summed E-state index contributed by atoms with van der Waals surface area (Å²) in [6.45, 7) is 1.96. The van der Waals surface area contributed by atoms with Gasteiger partial charge in [-0.3, -0.25) is 4.79 Å². The van der Waals surface area contributed by atoms with E-state index in [-0.39, 0.29) is 0 Å². The Balaban J connectivity index is 3.11. The van der Waals surface area contributed by atoms with Crippen molar-refractivity contribution in [2.45, 2.75) is 19.3 Å². The molecule has 0 saturated carbocycles.